The summed E-state index contributed by atoms with van der Waals surface area (Å²) in [5.41, 5.74) is 1.76. The molecule has 3 aromatic rings. The van der Waals surface area contributed by atoms with Crippen molar-refractivity contribution in [3.05, 3.63) is 52.8 Å². The molecule has 1 amide bonds. The summed E-state index contributed by atoms with van der Waals surface area (Å²) in [7, 11) is 0. The van der Waals surface area contributed by atoms with Gasteiger partial charge >= 0.3 is 0 Å². The van der Waals surface area contributed by atoms with Crippen molar-refractivity contribution in [3.63, 3.8) is 0 Å². The maximum absolute atomic E-state index is 13.1. The third kappa shape index (κ3) is 2.92. The maximum Gasteiger partial charge on any atom is 0.230 e. The zero-order valence-electron chi connectivity index (χ0n) is 11.1. The summed E-state index contributed by atoms with van der Waals surface area (Å²) in [5, 5.41) is 4.33. The van der Waals surface area contributed by atoms with Gasteiger partial charge < -0.3 is 5.32 Å². The van der Waals surface area contributed by atoms with E-state index >= 15 is 0 Å². The molecule has 0 fully saturated rings. The summed E-state index contributed by atoms with van der Waals surface area (Å²) in [6, 6.07) is 2.91. The van der Waals surface area contributed by atoms with Crippen LogP contribution in [-0.4, -0.2) is 15.3 Å². The quantitative estimate of drug-likeness (QED) is 0.808. The number of aryl methyl sites for hydroxylation is 1. The zero-order chi connectivity index (χ0) is 15.0. The van der Waals surface area contributed by atoms with Crippen molar-refractivity contribution in [2.45, 2.75) is 13.3 Å². The Morgan fingerprint density at radius 1 is 1.33 bits per heavy atom. The lowest BCUT2D eigenvalue weighted by Crippen LogP contribution is -2.15. The van der Waals surface area contributed by atoms with E-state index in [2.05, 4.69) is 10.3 Å². The molecule has 108 valence electrons. The number of aromatic nitrogens is 2. The summed E-state index contributed by atoms with van der Waals surface area (Å²) in [6.45, 7) is 1.87. The fraction of sp³-hybridized carbons (Fsp3) is 0.143. The number of rotatable bonds is 3. The number of halogens is 2. The van der Waals surface area contributed by atoms with Gasteiger partial charge in [0.25, 0.3) is 0 Å². The molecule has 7 heteroatoms. The van der Waals surface area contributed by atoms with E-state index in [9.17, 15) is 13.6 Å². The van der Waals surface area contributed by atoms with E-state index < -0.39 is 11.6 Å². The Bertz CT molecular complexity index is 805. The van der Waals surface area contributed by atoms with Gasteiger partial charge in [-0.25, -0.2) is 13.8 Å². The first-order valence-corrected chi connectivity index (χ1v) is 7.07. The summed E-state index contributed by atoms with van der Waals surface area (Å²) >= 11 is 1.44. The zero-order valence-corrected chi connectivity index (χ0v) is 11.9. The predicted molar refractivity (Wildman–Crippen MR) is 76.5 cm³/mol. The number of hydrogen-bond acceptors (Lipinski definition) is 3. The Hall–Kier alpha value is -2.28. The second-order valence-corrected chi connectivity index (χ2v) is 5.48. The highest BCUT2D eigenvalue weighted by Gasteiger charge is 2.11. The number of amides is 1. The molecule has 0 saturated carbocycles. The van der Waals surface area contributed by atoms with E-state index in [1.54, 1.807) is 0 Å². The SMILES string of the molecule is Cc1cn2c(CC(=O)Nc3cc(F)cc(F)c3)csc2n1. The Kier molecular flexibility index (Phi) is 3.42. The number of hydrogen-bond donors (Lipinski definition) is 1. The van der Waals surface area contributed by atoms with E-state index in [0.29, 0.717) is 0 Å². The summed E-state index contributed by atoms with van der Waals surface area (Å²) in [6.07, 6.45) is 1.95. The highest BCUT2D eigenvalue weighted by atomic mass is 32.1. The normalized spacial score (nSPS) is 11.0. The third-order valence-corrected chi connectivity index (χ3v) is 3.78. The number of fused-ring (bicyclic) bond motifs is 1. The minimum Gasteiger partial charge on any atom is -0.326 e. The van der Waals surface area contributed by atoms with Crippen LogP contribution >= 0.6 is 11.3 Å². The lowest BCUT2D eigenvalue weighted by atomic mass is 10.2. The molecule has 0 aliphatic rings. The van der Waals surface area contributed by atoms with Crippen molar-refractivity contribution in [2.24, 2.45) is 0 Å². The molecule has 0 aliphatic heterocycles. The van der Waals surface area contributed by atoms with Crippen LogP contribution in [0.5, 0.6) is 0 Å². The molecule has 0 bridgehead atoms. The van der Waals surface area contributed by atoms with Crippen molar-refractivity contribution in [1.82, 2.24) is 9.38 Å². The van der Waals surface area contributed by atoms with E-state index in [-0.39, 0.29) is 18.0 Å². The molecule has 0 atom stereocenters. The predicted octanol–water partition coefficient (Wildman–Crippen LogP) is 3.16. The monoisotopic (exact) mass is 307 g/mol. The molecule has 0 unspecified atom stereocenters. The Labute approximate surface area is 123 Å². The maximum atomic E-state index is 13.1. The minimum absolute atomic E-state index is 0.103. The van der Waals surface area contributed by atoms with Gasteiger partial charge in [0, 0.05) is 29.0 Å². The number of nitrogens with one attached hydrogen (secondary N) is 1. The number of carbonyl (C=O) groups excluding carboxylic acids is 1. The molecule has 1 aromatic carbocycles. The molecule has 2 heterocycles. The molecule has 21 heavy (non-hydrogen) atoms. The van der Waals surface area contributed by atoms with Crippen molar-refractivity contribution >= 4 is 27.9 Å². The number of thiazole rings is 1. The van der Waals surface area contributed by atoms with Gasteiger partial charge in [0.05, 0.1) is 12.1 Å². The van der Waals surface area contributed by atoms with E-state index in [1.807, 2.05) is 22.9 Å². The molecule has 4 nitrogen and oxygen atoms in total. The number of nitrogens with zero attached hydrogens (tertiary/aromatic N) is 2. The first-order valence-electron chi connectivity index (χ1n) is 6.19. The van der Waals surface area contributed by atoms with Crippen LogP contribution in [0.4, 0.5) is 14.5 Å². The average molecular weight is 307 g/mol. The van der Waals surface area contributed by atoms with Gasteiger partial charge in [-0.2, -0.15) is 0 Å². The molecule has 1 N–H and O–H groups in total. The number of anilines is 1. The number of benzene rings is 1. The third-order valence-electron chi connectivity index (χ3n) is 2.89. The van der Waals surface area contributed by atoms with E-state index in [1.165, 1.54) is 11.3 Å². The van der Waals surface area contributed by atoms with Crippen molar-refractivity contribution in [2.75, 3.05) is 5.32 Å². The van der Waals surface area contributed by atoms with E-state index in [0.717, 1.165) is 34.5 Å². The fourth-order valence-corrected chi connectivity index (χ4v) is 2.98. The molecular formula is C14H11F2N3OS. The van der Waals surface area contributed by atoms with Crippen LogP contribution in [0.15, 0.2) is 29.8 Å². The minimum atomic E-state index is -0.728. The van der Waals surface area contributed by atoms with Crippen LogP contribution in [0.1, 0.15) is 11.4 Å². The van der Waals surface area contributed by atoms with Crippen molar-refractivity contribution < 1.29 is 13.6 Å². The van der Waals surface area contributed by atoms with Gasteiger partial charge in [-0.05, 0) is 19.1 Å². The first-order chi connectivity index (χ1) is 10.0. The summed E-state index contributed by atoms with van der Waals surface area (Å²) < 4.78 is 28.0. The molecule has 2 aromatic heterocycles. The van der Waals surface area contributed by atoms with Crippen LogP contribution in [-0.2, 0) is 11.2 Å². The standard InChI is InChI=1S/C14H11F2N3OS/c1-8-6-19-12(7-21-14(19)17-8)5-13(20)18-11-3-9(15)2-10(16)4-11/h2-4,6-7H,5H2,1H3,(H,18,20). The summed E-state index contributed by atoms with van der Waals surface area (Å²) in [5.74, 6) is -1.80. The second-order valence-electron chi connectivity index (χ2n) is 4.64. The Balaban J connectivity index is 1.77. The fourth-order valence-electron chi connectivity index (χ4n) is 2.06. The van der Waals surface area contributed by atoms with Crippen LogP contribution in [0.2, 0.25) is 0 Å². The average Bonchev–Trinajstić information content (AvgIpc) is 2.88. The molecule has 0 aliphatic carbocycles. The Morgan fingerprint density at radius 3 is 2.76 bits per heavy atom. The smallest absolute Gasteiger partial charge is 0.230 e. The van der Waals surface area contributed by atoms with Crippen LogP contribution < -0.4 is 5.32 Å². The van der Waals surface area contributed by atoms with Crippen LogP contribution in [0.3, 0.4) is 0 Å². The Morgan fingerprint density at radius 2 is 2.05 bits per heavy atom. The molecule has 0 saturated heterocycles. The largest absolute Gasteiger partial charge is 0.326 e. The van der Waals surface area contributed by atoms with Crippen molar-refractivity contribution in [3.8, 4) is 0 Å². The van der Waals surface area contributed by atoms with Gasteiger partial charge in [-0.1, -0.05) is 0 Å². The highest BCUT2D eigenvalue weighted by Crippen LogP contribution is 2.18. The molecular weight excluding hydrogens is 296 g/mol. The lowest BCUT2D eigenvalue weighted by Gasteiger charge is -2.05. The molecule has 3 rings (SSSR count). The second kappa shape index (κ2) is 5.25. The van der Waals surface area contributed by atoms with Gasteiger partial charge in [-0.3, -0.25) is 9.20 Å². The lowest BCUT2D eigenvalue weighted by molar-refractivity contribution is -0.115. The number of imidazole rings is 1. The van der Waals surface area contributed by atoms with Gasteiger partial charge in [-0.15, -0.1) is 11.3 Å². The van der Waals surface area contributed by atoms with E-state index in [4.69, 9.17) is 0 Å². The number of carbonyl (C=O) groups is 1. The molecule has 0 spiro atoms. The van der Waals surface area contributed by atoms with Gasteiger partial charge in [0.1, 0.15) is 11.6 Å². The molecule has 0 radical (unpaired) electrons. The van der Waals surface area contributed by atoms with Crippen LogP contribution in [0.25, 0.3) is 4.96 Å². The first kappa shape index (κ1) is 13.7. The topological polar surface area (TPSA) is 46.4 Å². The van der Waals surface area contributed by atoms with Crippen LogP contribution in [0, 0.1) is 18.6 Å². The highest BCUT2D eigenvalue weighted by molar-refractivity contribution is 7.15. The van der Waals surface area contributed by atoms with Crippen molar-refractivity contribution in [1.29, 1.82) is 0 Å². The van der Waals surface area contributed by atoms with Gasteiger partial charge in [0.15, 0.2) is 4.96 Å². The summed E-state index contributed by atoms with van der Waals surface area (Å²) in [4.78, 5) is 17.1. The van der Waals surface area contributed by atoms with Gasteiger partial charge in [0.2, 0.25) is 5.91 Å².